The molecular formula is C10H14N2O. The first-order valence-electron chi connectivity index (χ1n) is 4.29. The van der Waals surface area contributed by atoms with Crippen LogP contribution >= 0.6 is 0 Å². The maximum absolute atomic E-state index is 10.3. The van der Waals surface area contributed by atoms with Gasteiger partial charge in [0.25, 0.3) is 0 Å². The lowest BCUT2D eigenvalue weighted by molar-refractivity contribution is -0.107. The summed E-state index contributed by atoms with van der Waals surface area (Å²) in [6.45, 7) is 6.25. The molecule has 0 aliphatic heterocycles. The summed E-state index contributed by atoms with van der Waals surface area (Å²) in [7, 11) is 0. The van der Waals surface area contributed by atoms with E-state index in [4.69, 9.17) is 0 Å². The lowest BCUT2D eigenvalue weighted by Gasteiger charge is -2.17. The molecule has 3 heteroatoms. The van der Waals surface area contributed by atoms with E-state index in [1.165, 1.54) is 6.33 Å². The van der Waals surface area contributed by atoms with Crippen molar-refractivity contribution in [2.45, 2.75) is 32.6 Å². The van der Waals surface area contributed by atoms with Gasteiger partial charge in [0.1, 0.15) is 12.6 Å². The van der Waals surface area contributed by atoms with Gasteiger partial charge in [-0.15, -0.1) is 0 Å². The van der Waals surface area contributed by atoms with Crippen molar-refractivity contribution in [1.82, 2.24) is 9.97 Å². The van der Waals surface area contributed by atoms with E-state index in [0.717, 1.165) is 17.7 Å². The fraction of sp³-hybridized carbons (Fsp3) is 0.500. The topological polar surface area (TPSA) is 42.9 Å². The van der Waals surface area contributed by atoms with Gasteiger partial charge in [-0.1, -0.05) is 20.8 Å². The maximum atomic E-state index is 10.3. The van der Waals surface area contributed by atoms with Crippen LogP contribution in [0.4, 0.5) is 0 Å². The molecule has 0 bridgehead atoms. The van der Waals surface area contributed by atoms with Crippen molar-refractivity contribution in [3.8, 4) is 0 Å². The van der Waals surface area contributed by atoms with Gasteiger partial charge in [-0.05, 0) is 6.07 Å². The normalized spacial score (nSPS) is 11.3. The van der Waals surface area contributed by atoms with Crippen molar-refractivity contribution in [2.75, 3.05) is 0 Å². The van der Waals surface area contributed by atoms with Crippen molar-refractivity contribution < 1.29 is 4.79 Å². The number of hydrogen-bond donors (Lipinski definition) is 0. The molecule has 3 nitrogen and oxygen atoms in total. The Morgan fingerprint density at radius 2 is 2.08 bits per heavy atom. The van der Waals surface area contributed by atoms with Gasteiger partial charge in [0.05, 0.1) is 5.69 Å². The zero-order chi connectivity index (χ0) is 9.90. The van der Waals surface area contributed by atoms with Crippen molar-refractivity contribution >= 4 is 6.29 Å². The van der Waals surface area contributed by atoms with Crippen LogP contribution in [0.25, 0.3) is 0 Å². The van der Waals surface area contributed by atoms with Crippen LogP contribution in [0.1, 0.15) is 32.2 Å². The molecule has 1 rings (SSSR count). The van der Waals surface area contributed by atoms with Gasteiger partial charge in [0, 0.05) is 17.5 Å². The molecule has 1 aromatic rings. The molecule has 13 heavy (non-hydrogen) atoms. The number of aldehydes is 1. The first-order valence-corrected chi connectivity index (χ1v) is 4.29. The third-order valence-electron chi connectivity index (χ3n) is 1.78. The molecule has 0 unspecified atom stereocenters. The first-order chi connectivity index (χ1) is 6.04. The minimum Gasteiger partial charge on any atom is -0.303 e. The van der Waals surface area contributed by atoms with Crippen LogP contribution in [0.15, 0.2) is 12.4 Å². The zero-order valence-electron chi connectivity index (χ0n) is 8.24. The summed E-state index contributed by atoms with van der Waals surface area (Å²) in [4.78, 5) is 18.4. The Kier molecular flexibility index (Phi) is 2.76. The molecule has 0 saturated carbocycles. The molecular weight excluding hydrogens is 164 g/mol. The Morgan fingerprint density at radius 3 is 2.62 bits per heavy atom. The van der Waals surface area contributed by atoms with E-state index in [9.17, 15) is 4.79 Å². The molecule has 0 aromatic carbocycles. The molecule has 0 amide bonds. The fourth-order valence-corrected chi connectivity index (χ4v) is 1.00. The SMILES string of the molecule is CC(C)(C)c1cc(CC=O)ncn1. The number of hydrogen-bond acceptors (Lipinski definition) is 3. The molecule has 0 saturated heterocycles. The number of carbonyl (C=O) groups excluding carboxylic acids is 1. The second-order valence-electron chi connectivity index (χ2n) is 4.02. The monoisotopic (exact) mass is 178 g/mol. The van der Waals surface area contributed by atoms with Gasteiger partial charge < -0.3 is 4.79 Å². The maximum Gasteiger partial charge on any atom is 0.125 e. The molecule has 0 aliphatic rings. The smallest absolute Gasteiger partial charge is 0.125 e. The highest BCUT2D eigenvalue weighted by Crippen LogP contribution is 2.19. The van der Waals surface area contributed by atoms with Crippen molar-refractivity contribution in [3.63, 3.8) is 0 Å². The van der Waals surface area contributed by atoms with Crippen LogP contribution < -0.4 is 0 Å². The van der Waals surface area contributed by atoms with Crippen molar-refractivity contribution in [2.24, 2.45) is 0 Å². The van der Waals surface area contributed by atoms with Crippen LogP contribution in [-0.2, 0) is 16.6 Å². The van der Waals surface area contributed by atoms with Gasteiger partial charge in [0.2, 0.25) is 0 Å². The number of aromatic nitrogens is 2. The predicted molar refractivity (Wildman–Crippen MR) is 50.5 cm³/mol. The second-order valence-corrected chi connectivity index (χ2v) is 4.02. The summed E-state index contributed by atoms with van der Waals surface area (Å²) < 4.78 is 0. The number of carbonyl (C=O) groups is 1. The molecule has 70 valence electrons. The van der Waals surface area contributed by atoms with E-state index in [1.807, 2.05) is 6.07 Å². The summed E-state index contributed by atoms with van der Waals surface area (Å²) in [6.07, 6.45) is 2.74. The quantitative estimate of drug-likeness (QED) is 0.645. The average Bonchev–Trinajstić information content (AvgIpc) is 2.04. The highest BCUT2D eigenvalue weighted by Gasteiger charge is 2.15. The van der Waals surface area contributed by atoms with E-state index in [2.05, 4.69) is 30.7 Å². The number of rotatable bonds is 2. The Bertz CT molecular complexity index is 302. The van der Waals surface area contributed by atoms with Crippen molar-refractivity contribution in [3.05, 3.63) is 23.8 Å². The Hall–Kier alpha value is -1.25. The largest absolute Gasteiger partial charge is 0.303 e. The lowest BCUT2D eigenvalue weighted by Crippen LogP contribution is -2.14. The highest BCUT2D eigenvalue weighted by atomic mass is 16.1. The van der Waals surface area contributed by atoms with E-state index in [-0.39, 0.29) is 5.41 Å². The van der Waals surface area contributed by atoms with Crippen molar-refractivity contribution in [1.29, 1.82) is 0 Å². The molecule has 0 N–H and O–H groups in total. The second kappa shape index (κ2) is 3.64. The zero-order valence-corrected chi connectivity index (χ0v) is 8.24. The minimum atomic E-state index is 0.0145. The van der Waals surface area contributed by atoms with Crippen LogP contribution in [-0.4, -0.2) is 16.3 Å². The lowest BCUT2D eigenvalue weighted by atomic mass is 9.91. The minimum absolute atomic E-state index is 0.0145. The van der Waals surface area contributed by atoms with E-state index in [0.29, 0.717) is 6.42 Å². The number of nitrogens with zero attached hydrogens (tertiary/aromatic N) is 2. The molecule has 0 spiro atoms. The first kappa shape index (κ1) is 9.84. The molecule has 1 heterocycles. The highest BCUT2D eigenvalue weighted by molar-refractivity contribution is 5.53. The molecule has 0 fully saturated rings. The summed E-state index contributed by atoms with van der Waals surface area (Å²) in [5.41, 5.74) is 1.77. The molecule has 0 aliphatic carbocycles. The summed E-state index contributed by atoms with van der Waals surface area (Å²) in [5.74, 6) is 0. The van der Waals surface area contributed by atoms with Gasteiger partial charge >= 0.3 is 0 Å². The van der Waals surface area contributed by atoms with Gasteiger partial charge in [0.15, 0.2) is 0 Å². The summed E-state index contributed by atoms with van der Waals surface area (Å²) in [6, 6.07) is 1.88. The van der Waals surface area contributed by atoms with Gasteiger partial charge in [-0.25, -0.2) is 9.97 Å². The van der Waals surface area contributed by atoms with Gasteiger partial charge in [-0.2, -0.15) is 0 Å². The van der Waals surface area contributed by atoms with Crippen LogP contribution in [0.5, 0.6) is 0 Å². The van der Waals surface area contributed by atoms with Crippen LogP contribution in [0.2, 0.25) is 0 Å². The summed E-state index contributed by atoms with van der Waals surface area (Å²) in [5, 5.41) is 0. The van der Waals surface area contributed by atoms with E-state index < -0.39 is 0 Å². The fourth-order valence-electron chi connectivity index (χ4n) is 1.00. The Morgan fingerprint density at radius 1 is 1.38 bits per heavy atom. The third-order valence-corrected chi connectivity index (χ3v) is 1.78. The Balaban J connectivity index is 2.98. The van der Waals surface area contributed by atoms with Crippen LogP contribution in [0.3, 0.4) is 0 Å². The molecule has 0 radical (unpaired) electrons. The standard InChI is InChI=1S/C10H14N2O/c1-10(2,3)9-6-8(4-5-13)11-7-12-9/h5-7H,4H2,1-3H3. The predicted octanol–water partition coefficient (Wildman–Crippen LogP) is 1.52. The third kappa shape index (κ3) is 2.61. The van der Waals surface area contributed by atoms with E-state index >= 15 is 0 Å². The van der Waals surface area contributed by atoms with Crippen LogP contribution in [0, 0.1) is 0 Å². The molecule has 0 atom stereocenters. The Labute approximate surface area is 78.2 Å². The summed E-state index contributed by atoms with van der Waals surface area (Å²) >= 11 is 0. The van der Waals surface area contributed by atoms with Gasteiger partial charge in [-0.3, -0.25) is 0 Å². The molecule has 1 aromatic heterocycles. The van der Waals surface area contributed by atoms with E-state index in [1.54, 1.807) is 0 Å². The average molecular weight is 178 g/mol.